The van der Waals surface area contributed by atoms with Crippen molar-refractivity contribution in [2.75, 3.05) is 13.1 Å². The van der Waals surface area contributed by atoms with Crippen LogP contribution in [-0.2, 0) is 6.42 Å². The highest BCUT2D eigenvalue weighted by Gasteiger charge is 2.27. The number of likely N-dealkylation sites (tertiary alicyclic amines) is 1. The van der Waals surface area contributed by atoms with Crippen molar-refractivity contribution in [3.8, 4) is 10.7 Å². The predicted octanol–water partition coefficient (Wildman–Crippen LogP) is 2.30. The number of piperidine rings is 1. The SMILES string of the molecule is O=C(c1cnn(-c2ccccc2)n1)N1CCC(Cc2n[nH]c(=O)n2-c2cccs2)CC1. The molecule has 0 radical (unpaired) electrons. The Hall–Kier alpha value is -3.53. The van der Waals surface area contributed by atoms with Gasteiger partial charge in [0.05, 0.1) is 11.9 Å². The van der Waals surface area contributed by atoms with Crippen LogP contribution in [0, 0.1) is 5.92 Å². The number of hydrogen-bond acceptors (Lipinski definition) is 6. The zero-order valence-corrected chi connectivity index (χ0v) is 17.5. The van der Waals surface area contributed by atoms with Crippen molar-refractivity contribution in [3.05, 3.63) is 76.0 Å². The third kappa shape index (κ3) is 3.93. The molecule has 0 spiro atoms. The first-order chi connectivity index (χ1) is 15.2. The Morgan fingerprint density at radius 2 is 1.94 bits per heavy atom. The summed E-state index contributed by atoms with van der Waals surface area (Å²) in [5.41, 5.74) is 0.948. The molecule has 1 N–H and O–H groups in total. The molecule has 1 amide bonds. The number of carbonyl (C=O) groups excluding carboxylic acids is 1. The van der Waals surface area contributed by atoms with Gasteiger partial charge in [0.1, 0.15) is 10.8 Å². The van der Waals surface area contributed by atoms with Crippen LogP contribution in [0.15, 0.2) is 58.8 Å². The summed E-state index contributed by atoms with van der Waals surface area (Å²) in [6.45, 7) is 1.30. The summed E-state index contributed by atoms with van der Waals surface area (Å²) >= 11 is 1.51. The van der Waals surface area contributed by atoms with Gasteiger partial charge in [-0.1, -0.05) is 18.2 Å². The molecule has 9 nitrogen and oxygen atoms in total. The van der Waals surface area contributed by atoms with E-state index in [2.05, 4.69) is 20.4 Å². The highest BCUT2D eigenvalue weighted by Crippen LogP contribution is 2.23. The maximum Gasteiger partial charge on any atom is 0.348 e. The zero-order valence-electron chi connectivity index (χ0n) is 16.7. The summed E-state index contributed by atoms with van der Waals surface area (Å²) in [7, 11) is 0. The van der Waals surface area contributed by atoms with Crippen molar-refractivity contribution in [2.24, 2.45) is 5.92 Å². The van der Waals surface area contributed by atoms with Crippen molar-refractivity contribution in [1.82, 2.24) is 34.7 Å². The van der Waals surface area contributed by atoms with Crippen LogP contribution in [0.1, 0.15) is 29.2 Å². The summed E-state index contributed by atoms with van der Waals surface area (Å²) in [5, 5.41) is 18.2. The monoisotopic (exact) mass is 435 g/mol. The second kappa shape index (κ2) is 8.31. The molecule has 0 atom stereocenters. The van der Waals surface area contributed by atoms with Gasteiger partial charge in [-0.25, -0.2) is 14.5 Å². The minimum Gasteiger partial charge on any atom is -0.337 e. The van der Waals surface area contributed by atoms with Gasteiger partial charge in [0.25, 0.3) is 5.91 Å². The Kier molecular flexibility index (Phi) is 5.21. The number of hydrogen-bond donors (Lipinski definition) is 1. The molecule has 31 heavy (non-hydrogen) atoms. The fourth-order valence-electron chi connectivity index (χ4n) is 3.90. The zero-order chi connectivity index (χ0) is 21.2. The van der Waals surface area contributed by atoms with Crippen molar-refractivity contribution < 1.29 is 4.79 Å². The number of aromatic nitrogens is 6. The molecular formula is C21H21N7O2S. The van der Waals surface area contributed by atoms with E-state index in [0.717, 1.165) is 29.4 Å². The van der Waals surface area contributed by atoms with Gasteiger partial charge in [0.15, 0.2) is 5.69 Å². The molecule has 4 aromatic rings. The molecule has 0 aliphatic carbocycles. The molecule has 0 unspecified atom stereocenters. The first kappa shape index (κ1) is 19.4. The average Bonchev–Trinajstić information content (AvgIpc) is 3.56. The molecule has 0 saturated carbocycles. The Balaban J connectivity index is 1.22. The molecule has 1 aliphatic rings. The van der Waals surface area contributed by atoms with E-state index in [1.807, 2.05) is 52.7 Å². The normalized spacial score (nSPS) is 14.8. The summed E-state index contributed by atoms with van der Waals surface area (Å²) < 4.78 is 1.64. The quantitative estimate of drug-likeness (QED) is 0.518. The van der Waals surface area contributed by atoms with E-state index < -0.39 is 0 Å². The second-order valence-corrected chi connectivity index (χ2v) is 8.45. The largest absolute Gasteiger partial charge is 0.348 e. The highest BCUT2D eigenvalue weighted by molar-refractivity contribution is 7.12. The van der Waals surface area contributed by atoms with Gasteiger partial charge in [-0.3, -0.25) is 4.79 Å². The summed E-state index contributed by atoms with van der Waals surface area (Å²) in [4.78, 5) is 28.3. The first-order valence-electron chi connectivity index (χ1n) is 10.2. The maximum absolute atomic E-state index is 12.9. The number of aromatic amines is 1. The minimum absolute atomic E-state index is 0.101. The average molecular weight is 436 g/mol. The van der Waals surface area contributed by atoms with Crippen LogP contribution >= 0.6 is 11.3 Å². The van der Waals surface area contributed by atoms with Crippen molar-refractivity contribution in [2.45, 2.75) is 19.3 Å². The van der Waals surface area contributed by atoms with Gasteiger partial charge in [-0.15, -0.1) is 16.4 Å². The van der Waals surface area contributed by atoms with Crippen LogP contribution in [-0.4, -0.2) is 53.7 Å². The van der Waals surface area contributed by atoms with Crippen molar-refractivity contribution >= 4 is 17.2 Å². The lowest BCUT2D eigenvalue weighted by molar-refractivity contribution is 0.0683. The number of nitrogens with one attached hydrogen (secondary N) is 1. The predicted molar refractivity (Wildman–Crippen MR) is 116 cm³/mol. The summed E-state index contributed by atoms with van der Waals surface area (Å²) in [6.07, 6.45) is 3.92. The number of carbonyl (C=O) groups is 1. The molecule has 3 aromatic heterocycles. The topological polar surface area (TPSA) is 102 Å². The van der Waals surface area contributed by atoms with Gasteiger partial charge >= 0.3 is 5.69 Å². The number of H-pyrrole nitrogens is 1. The van der Waals surface area contributed by atoms with E-state index in [1.54, 1.807) is 4.57 Å². The van der Waals surface area contributed by atoms with Crippen LogP contribution < -0.4 is 5.69 Å². The standard InChI is InChI=1S/C21H21N7O2S/c29-20(17-14-22-28(25-17)16-5-2-1-3-6-16)26-10-8-15(9-11-26)13-18-23-24-21(30)27(18)19-7-4-12-31-19/h1-7,12,14-15H,8-11,13H2,(H,24,30). The van der Waals surface area contributed by atoms with Gasteiger partial charge in [-0.05, 0) is 48.4 Å². The van der Waals surface area contributed by atoms with Gasteiger partial charge in [0, 0.05) is 19.5 Å². The number of thiophene rings is 1. The third-order valence-corrected chi connectivity index (χ3v) is 6.39. The fourth-order valence-corrected chi connectivity index (χ4v) is 4.65. The lowest BCUT2D eigenvalue weighted by Crippen LogP contribution is -2.39. The second-order valence-electron chi connectivity index (χ2n) is 7.53. The van der Waals surface area contributed by atoms with E-state index in [0.29, 0.717) is 31.1 Å². The molecule has 10 heteroatoms. The molecule has 1 aliphatic heterocycles. The molecule has 1 saturated heterocycles. The van der Waals surface area contributed by atoms with E-state index >= 15 is 0 Å². The van der Waals surface area contributed by atoms with E-state index in [-0.39, 0.29) is 11.6 Å². The molecule has 1 fully saturated rings. The van der Waals surface area contributed by atoms with E-state index in [4.69, 9.17) is 0 Å². The van der Waals surface area contributed by atoms with Gasteiger partial charge < -0.3 is 4.90 Å². The van der Waals surface area contributed by atoms with Crippen LogP contribution in [0.25, 0.3) is 10.7 Å². The number of benzene rings is 1. The van der Waals surface area contributed by atoms with Gasteiger partial charge in [-0.2, -0.15) is 15.0 Å². The van der Waals surface area contributed by atoms with Crippen LogP contribution in [0.2, 0.25) is 0 Å². The Morgan fingerprint density at radius 3 is 2.68 bits per heavy atom. The lowest BCUT2D eigenvalue weighted by Gasteiger charge is -2.31. The Labute approximate surface area is 181 Å². The number of rotatable bonds is 5. The van der Waals surface area contributed by atoms with Gasteiger partial charge in [0.2, 0.25) is 0 Å². The lowest BCUT2D eigenvalue weighted by atomic mass is 9.93. The summed E-state index contributed by atoms with van der Waals surface area (Å²) in [5.74, 6) is 0.997. The van der Waals surface area contributed by atoms with Crippen LogP contribution in [0.5, 0.6) is 0 Å². The number of amides is 1. The molecule has 1 aromatic carbocycles. The molecule has 4 heterocycles. The van der Waals surface area contributed by atoms with Crippen molar-refractivity contribution in [1.29, 1.82) is 0 Å². The van der Waals surface area contributed by atoms with E-state index in [9.17, 15) is 9.59 Å². The van der Waals surface area contributed by atoms with Crippen LogP contribution in [0.4, 0.5) is 0 Å². The van der Waals surface area contributed by atoms with Crippen LogP contribution in [0.3, 0.4) is 0 Å². The summed E-state index contributed by atoms with van der Waals surface area (Å²) in [6, 6.07) is 13.3. The Morgan fingerprint density at radius 1 is 1.13 bits per heavy atom. The first-order valence-corrected chi connectivity index (χ1v) is 11.0. The highest BCUT2D eigenvalue weighted by atomic mass is 32.1. The fraction of sp³-hybridized carbons (Fsp3) is 0.286. The smallest absolute Gasteiger partial charge is 0.337 e. The molecule has 5 rings (SSSR count). The minimum atomic E-state index is -0.216. The third-order valence-electron chi connectivity index (χ3n) is 5.54. The van der Waals surface area contributed by atoms with E-state index in [1.165, 1.54) is 22.3 Å². The van der Waals surface area contributed by atoms with Crippen molar-refractivity contribution in [3.63, 3.8) is 0 Å². The molecular weight excluding hydrogens is 414 g/mol. The molecule has 158 valence electrons. The molecule has 0 bridgehead atoms. The maximum atomic E-state index is 12.9. The Bertz CT molecular complexity index is 1220. The number of para-hydroxylation sites is 1. The number of nitrogens with zero attached hydrogens (tertiary/aromatic N) is 6.